The lowest BCUT2D eigenvalue weighted by Crippen LogP contribution is -2.07. The van der Waals surface area contributed by atoms with Gasteiger partial charge in [0.15, 0.2) is 0 Å². The van der Waals surface area contributed by atoms with E-state index in [4.69, 9.17) is 9.84 Å². The number of methoxy groups -OCH3 is 1. The first kappa shape index (κ1) is 13.2. The number of nitrogens with one attached hydrogen (secondary N) is 2. The van der Waals surface area contributed by atoms with Crippen molar-refractivity contribution in [3.8, 4) is 5.75 Å². The fraction of sp³-hybridized carbons (Fsp3) is 0.214. The molecule has 0 saturated heterocycles. The van der Waals surface area contributed by atoms with Crippen molar-refractivity contribution in [3.63, 3.8) is 0 Å². The molecule has 1 aromatic heterocycles. The highest BCUT2D eigenvalue weighted by Crippen LogP contribution is 2.19. The summed E-state index contributed by atoms with van der Waals surface area (Å²) in [6, 6.07) is 13.3. The lowest BCUT2D eigenvalue weighted by atomic mass is 10.3. The molecule has 3 N–H and O–H groups in total. The van der Waals surface area contributed by atoms with Crippen molar-refractivity contribution < 1.29 is 9.84 Å². The third kappa shape index (κ3) is 3.86. The molecule has 0 atom stereocenters. The standard InChI is InChI=1S/C14H17N3O2/c1-19-12-7-5-11(6-8-12)16-14-4-2-3-13(17-14)15-9-10-18/h2-8,18H,9-10H2,1H3,(H2,15,16,17). The molecule has 0 spiro atoms. The van der Waals surface area contributed by atoms with Crippen molar-refractivity contribution in [2.45, 2.75) is 0 Å². The number of hydrogen-bond acceptors (Lipinski definition) is 5. The quantitative estimate of drug-likeness (QED) is 0.742. The molecule has 0 unspecified atom stereocenters. The van der Waals surface area contributed by atoms with Gasteiger partial charge in [-0.3, -0.25) is 0 Å². The third-order valence-corrected chi connectivity index (χ3v) is 2.53. The molecular formula is C14H17N3O2. The Morgan fingerprint density at radius 2 is 1.84 bits per heavy atom. The predicted molar refractivity (Wildman–Crippen MR) is 76.1 cm³/mol. The highest BCUT2D eigenvalue weighted by Gasteiger charge is 1.99. The summed E-state index contributed by atoms with van der Waals surface area (Å²) in [5.41, 5.74) is 0.938. The molecule has 0 amide bonds. The maximum Gasteiger partial charge on any atom is 0.132 e. The van der Waals surface area contributed by atoms with Crippen molar-refractivity contribution in [2.24, 2.45) is 0 Å². The van der Waals surface area contributed by atoms with Crippen LogP contribution in [0.3, 0.4) is 0 Å². The second-order valence-corrected chi connectivity index (χ2v) is 3.91. The molecule has 100 valence electrons. The van der Waals surface area contributed by atoms with Crippen LogP contribution in [0.4, 0.5) is 17.3 Å². The van der Waals surface area contributed by atoms with Gasteiger partial charge in [0.1, 0.15) is 17.4 Å². The minimum Gasteiger partial charge on any atom is -0.497 e. The van der Waals surface area contributed by atoms with Gasteiger partial charge in [-0.15, -0.1) is 0 Å². The maximum absolute atomic E-state index is 8.76. The number of rotatable bonds is 6. The summed E-state index contributed by atoms with van der Waals surface area (Å²) in [6.07, 6.45) is 0. The number of benzene rings is 1. The lowest BCUT2D eigenvalue weighted by Gasteiger charge is -2.09. The maximum atomic E-state index is 8.76. The van der Waals surface area contributed by atoms with Gasteiger partial charge in [0, 0.05) is 12.2 Å². The van der Waals surface area contributed by atoms with Gasteiger partial charge >= 0.3 is 0 Å². The number of aliphatic hydroxyl groups excluding tert-OH is 1. The van der Waals surface area contributed by atoms with E-state index in [-0.39, 0.29) is 6.61 Å². The van der Waals surface area contributed by atoms with E-state index in [1.54, 1.807) is 7.11 Å². The third-order valence-electron chi connectivity index (χ3n) is 2.53. The van der Waals surface area contributed by atoms with Crippen LogP contribution in [0.25, 0.3) is 0 Å². The minimum absolute atomic E-state index is 0.0812. The van der Waals surface area contributed by atoms with Crippen molar-refractivity contribution in [1.82, 2.24) is 4.98 Å². The molecule has 5 nitrogen and oxygen atoms in total. The highest BCUT2D eigenvalue weighted by atomic mass is 16.5. The van der Waals surface area contributed by atoms with Crippen LogP contribution in [0.1, 0.15) is 0 Å². The average molecular weight is 259 g/mol. The molecule has 0 aliphatic rings. The molecule has 2 rings (SSSR count). The smallest absolute Gasteiger partial charge is 0.132 e. The van der Waals surface area contributed by atoms with Crippen molar-refractivity contribution >= 4 is 17.3 Å². The first-order valence-corrected chi connectivity index (χ1v) is 6.04. The number of ether oxygens (including phenoxy) is 1. The Bertz CT molecular complexity index is 514. The molecule has 1 aromatic carbocycles. The second kappa shape index (κ2) is 6.61. The van der Waals surface area contributed by atoms with Crippen molar-refractivity contribution in [2.75, 3.05) is 30.9 Å². The van der Waals surface area contributed by atoms with Gasteiger partial charge in [-0.1, -0.05) is 6.07 Å². The van der Waals surface area contributed by atoms with E-state index in [1.165, 1.54) is 0 Å². The van der Waals surface area contributed by atoms with Gasteiger partial charge in [0.2, 0.25) is 0 Å². The molecule has 2 aromatic rings. The molecule has 5 heteroatoms. The summed E-state index contributed by atoms with van der Waals surface area (Å²) >= 11 is 0. The summed E-state index contributed by atoms with van der Waals surface area (Å²) < 4.78 is 5.11. The van der Waals surface area contributed by atoms with Gasteiger partial charge in [-0.25, -0.2) is 4.98 Å². The molecule has 0 saturated carbocycles. The Kier molecular flexibility index (Phi) is 4.58. The Morgan fingerprint density at radius 3 is 2.53 bits per heavy atom. The van der Waals surface area contributed by atoms with E-state index in [9.17, 15) is 0 Å². The number of anilines is 3. The number of aliphatic hydroxyl groups is 1. The van der Waals surface area contributed by atoms with Crippen LogP contribution in [-0.4, -0.2) is 30.4 Å². The normalized spacial score (nSPS) is 10.0. The summed E-state index contributed by atoms with van der Waals surface area (Å²) in [5.74, 6) is 2.29. The molecule has 0 fully saturated rings. The zero-order valence-corrected chi connectivity index (χ0v) is 10.8. The van der Waals surface area contributed by atoms with Gasteiger partial charge in [-0.2, -0.15) is 0 Å². The van der Waals surface area contributed by atoms with Gasteiger partial charge in [0.05, 0.1) is 13.7 Å². The second-order valence-electron chi connectivity index (χ2n) is 3.91. The first-order chi connectivity index (χ1) is 9.31. The van der Waals surface area contributed by atoms with E-state index < -0.39 is 0 Å². The van der Waals surface area contributed by atoms with Gasteiger partial charge in [0.25, 0.3) is 0 Å². The molecule has 1 heterocycles. The van der Waals surface area contributed by atoms with Gasteiger partial charge in [-0.05, 0) is 36.4 Å². The van der Waals surface area contributed by atoms with Crippen LogP contribution >= 0.6 is 0 Å². The first-order valence-electron chi connectivity index (χ1n) is 6.04. The van der Waals surface area contributed by atoms with Crippen molar-refractivity contribution in [1.29, 1.82) is 0 Å². The molecule has 0 bridgehead atoms. The van der Waals surface area contributed by atoms with E-state index in [0.29, 0.717) is 6.54 Å². The van der Waals surface area contributed by atoms with E-state index in [0.717, 1.165) is 23.1 Å². The van der Waals surface area contributed by atoms with Crippen LogP contribution in [0.5, 0.6) is 5.75 Å². The Morgan fingerprint density at radius 1 is 1.11 bits per heavy atom. The minimum atomic E-state index is 0.0812. The largest absolute Gasteiger partial charge is 0.497 e. The van der Waals surface area contributed by atoms with Crippen LogP contribution in [-0.2, 0) is 0 Å². The molecule has 0 aliphatic carbocycles. The zero-order valence-electron chi connectivity index (χ0n) is 10.8. The van der Waals surface area contributed by atoms with Crippen LogP contribution in [0, 0.1) is 0 Å². The van der Waals surface area contributed by atoms with Crippen LogP contribution in [0.15, 0.2) is 42.5 Å². The topological polar surface area (TPSA) is 66.4 Å². The van der Waals surface area contributed by atoms with E-state index in [2.05, 4.69) is 15.6 Å². The summed E-state index contributed by atoms with van der Waals surface area (Å²) in [5, 5.41) is 15.0. The fourth-order valence-corrected chi connectivity index (χ4v) is 1.61. The summed E-state index contributed by atoms with van der Waals surface area (Å²) in [6.45, 7) is 0.566. The number of nitrogens with zero attached hydrogens (tertiary/aromatic N) is 1. The zero-order chi connectivity index (χ0) is 13.5. The molecule has 19 heavy (non-hydrogen) atoms. The van der Waals surface area contributed by atoms with Crippen LogP contribution in [0.2, 0.25) is 0 Å². The van der Waals surface area contributed by atoms with Crippen molar-refractivity contribution in [3.05, 3.63) is 42.5 Å². The SMILES string of the molecule is COc1ccc(Nc2cccc(NCCO)n2)cc1. The number of aromatic nitrogens is 1. The predicted octanol–water partition coefficient (Wildman–Crippen LogP) is 2.24. The molecule has 0 radical (unpaired) electrons. The van der Waals surface area contributed by atoms with Gasteiger partial charge < -0.3 is 20.5 Å². The average Bonchev–Trinajstić information content (AvgIpc) is 2.46. The highest BCUT2D eigenvalue weighted by molar-refractivity contribution is 5.58. The molecule has 0 aliphatic heterocycles. The monoisotopic (exact) mass is 259 g/mol. The summed E-state index contributed by atoms with van der Waals surface area (Å²) in [4.78, 5) is 4.38. The molecular weight excluding hydrogens is 242 g/mol. The Balaban J connectivity index is 2.05. The number of pyridine rings is 1. The van der Waals surface area contributed by atoms with E-state index in [1.807, 2.05) is 42.5 Å². The summed E-state index contributed by atoms with van der Waals surface area (Å²) in [7, 11) is 1.64. The fourth-order valence-electron chi connectivity index (χ4n) is 1.61. The lowest BCUT2D eigenvalue weighted by molar-refractivity contribution is 0.311. The van der Waals surface area contributed by atoms with Crippen LogP contribution < -0.4 is 15.4 Å². The van der Waals surface area contributed by atoms with E-state index >= 15 is 0 Å². The number of hydrogen-bond donors (Lipinski definition) is 3. The Labute approximate surface area is 112 Å². The Hall–Kier alpha value is -2.27.